The molecule has 0 unspecified atom stereocenters. The van der Waals surface area contributed by atoms with Gasteiger partial charge in [0.15, 0.2) is 0 Å². The molecule has 0 radical (unpaired) electrons. The summed E-state index contributed by atoms with van der Waals surface area (Å²) in [4.78, 5) is 24.1. The first-order valence-electron chi connectivity index (χ1n) is 12.3. The highest BCUT2D eigenvalue weighted by atomic mass is 35.5. The van der Waals surface area contributed by atoms with E-state index in [1.165, 1.54) is 18.4 Å². The van der Waals surface area contributed by atoms with E-state index in [-0.39, 0.29) is 5.91 Å². The molecule has 2 atom stereocenters. The first-order valence-corrected chi connectivity index (χ1v) is 13.1. The number of piperazine rings is 1. The van der Waals surface area contributed by atoms with Crippen LogP contribution in [0.1, 0.15) is 55.6 Å². The van der Waals surface area contributed by atoms with E-state index in [4.69, 9.17) is 23.2 Å². The zero-order chi connectivity index (χ0) is 24.2. The average Bonchev–Trinajstić information content (AvgIpc) is 2.84. The van der Waals surface area contributed by atoms with Gasteiger partial charge in [-0.3, -0.25) is 14.6 Å². The van der Waals surface area contributed by atoms with Crippen LogP contribution in [0.4, 0.5) is 5.82 Å². The molecule has 34 heavy (non-hydrogen) atoms. The first-order chi connectivity index (χ1) is 16.4. The molecular weight excluding hydrogens is 469 g/mol. The molecule has 2 aliphatic heterocycles. The van der Waals surface area contributed by atoms with Gasteiger partial charge in [0.2, 0.25) is 0 Å². The Morgan fingerprint density at radius 2 is 1.85 bits per heavy atom. The summed E-state index contributed by atoms with van der Waals surface area (Å²) in [5.74, 6) is 0.631. The highest BCUT2D eigenvalue weighted by Crippen LogP contribution is 2.31. The van der Waals surface area contributed by atoms with E-state index in [0.29, 0.717) is 35.3 Å². The van der Waals surface area contributed by atoms with Gasteiger partial charge in [0.1, 0.15) is 5.82 Å². The lowest BCUT2D eigenvalue weighted by Gasteiger charge is -2.47. The number of nitrogens with zero attached hydrogens (tertiary/aromatic N) is 4. The lowest BCUT2D eigenvalue weighted by Crippen LogP contribution is -2.57. The molecule has 1 N–H and O–H groups in total. The summed E-state index contributed by atoms with van der Waals surface area (Å²) in [7, 11) is 0. The average molecular weight is 505 g/mol. The molecule has 0 saturated carbocycles. The van der Waals surface area contributed by atoms with Crippen LogP contribution in [0.2, 0.25) is 10.0 Å². The van der Waals surface area contributed by atoms with Gasteiger partial charge in [-0.1, -0.05) is 35.3 Å². The standard InChI is InChI=1S/C26H35Cl2N5O/c1-4-29-26(34)21-15-24(28)25(30-16-21)32-13-14-33(18(2)17-32)23-9-11-31(12-10-23)19(3)20-5-7-22(27)8-6-20/h5-8,15-16,18-19,23H,4,9-14,17H2,1-3H3,(H,29,34)/t18-,19-/m0/s1. The zero-order valence-corrected chi connectivity index (χ0v) is 21.8. The van der Waals surface area contributed by atoms with Crippen LogP contribution in [0.15, 0.2) is 36.5 Å². The zero-order valence-electron chi connectivity index (χ0n) is 20.3. The number of anilines is 1. The van der Waals surface area contributed by atoms with E-state index in [9.17, 15) is 4.79 Å². The summed E-state index contributed by atoms with van der Waals surface area (Å²) in [5, 5.41) is 4.12. The summed E-state index contributed by atoms with van der Waals surface area (Å²) in [6.07, 6.45) is 3.99. The third-order valence-electron chi connectivity index (χ3n) is 7.27. The lowest BCUT2D eigenvalue weighted by molar-refractivity contribution is 0.0583. The maximum absolute atomic E-state index is 12.1. The third-order valence-corrected chi connectivity index (χ3v) is 7.80. The monoisotopic (exact) mass is 503 g/mol. The lowest BCUT2D eigenvalue weighted by atomic mass is 9.97. The smallest absolute Gasteiger partial charge is 0.252 e. The number of carbonyl (C=O) groups is 1. The van der Waals surface area contributed by atoms with Crippen molar-refractivity contribution >= 4 is 34.9 Å². The van der Waals surface area contributed by atoms with Gasteiger partial charge < -0.3 is 10.2 Å². The van der Waals surface area contributed by atoms with Crippen LogP contribution in [-0.4, -0.2) is 72.0 Å². The Labute approximate surface area is 213 Å². The fourth-order valence-corrected chi connectivity index (χ4v) is 5.73. The van der Waals surface area contributed by atoms with Crippen LogP contribution >= 0.6 is 23.2 Å². The largest absolute Gasteiger partial charge is 0.353 e. The molecule has 3 heterocycles. The van der Waals surface area contributed by atoms with E-state index in [2.05, 4.69) is 51.0 Å². The summed E-state index contributed by atoms with van der Waals surface area (Å²) in [6.45, 7) is 12.0. The van der Waals surface area contributed by atoms with Gasteiger partial charge in [-0.05, 0) is 57.4 Å². The minimum atomic E-state index is -0.140. The van der Waals surface area contributed by atoms with Crippen molar-refractivity contribution in [1.29, 1.82) is 0 Å². The molecule has 1 aromatic heterocycles. The van der Waals surface area contributed by atoms with Crippen LogP contribution < -0.4 is 10.2 Å². The molecular formula is C26H35Cl2N5O. The Morgan fingerprint density at radius 3 is 2.47 bits per heavy atom. The Balaban J connectivity index is 1.32. The van der Waals surface area contributed by atoms with Crippen LogP contribution in [0, 0.1) is 0 Å². The highest BCUT2D eigenvalue weighted by Gasteiger charge is 2.33. The topological polar surface area (TPSA) is 51.7 Å². The fraction of sp³-hybridized carbons (Fsp3) is 0.538. The predicted octanol–water partition coefficient (Wildman–Crippen LogP) is 4.87. The summed E-state index contributed by atoms with van der Waals surface area (Å²) in [5.41, 5.74) is 1.83. The van der Waals surface area contributed by atoms with Gasteiger partial charge in [-0.25, -0.2) is 4.98 Å². The molecule has 2 aromatic rings. The molecule has 2 saturated heterocycles. The molecule has 184 valence electrons. The third kappa shape index (κ3) is 5.68. The van der Waals surface area contributed by atoms with Crippen molar-refractivity contribution in [2.75, 3.05) is 44.2 Å². The number of halogens is 2. The first kappa shape index (κ1) is 25.2. The number of piperidine rings is 1. The Bertz CT molecular complexity index is 978. The summed E-state index contributed by atoms with van der Waals surface area (Å²) >= 11 is 12.6. The minimum Gasteiger partial charge on any atom is -0.353 e. The van der Waals surface area contributed by atoms with Crippen molar-refractivity contribution in [3.8, 4) is 0 Å². The molecule has 0 aliphatic carbocycles. The van der Waals surface area contributed by atoms with Gasteiger partial charge >= 0.3 is 0 Å². The number of nitrogens with one attached hydrogen (secondary N) is 1. The second-order valence-electron chi connectivity index (χ2n) is 9.42. The number of hydrogen-bond donors (Lipinski definition) is 1. The minimum absolute atomic E-state index is 0.140. The Hall–Kier alpha value is -1.86. The van der Waals surface area contributed by atoms with Crippen molar-refractivity contribution < 1.29 is 4.79 Å². The Kier molecular flexibility index (Phi) is 8.35. The number of amides is 1. The quantitative estimate of drug-likeness (QED) is 0.608. The number of likely N-dealkylation sites (tertiary alicyclic amines) is 1. The number of carbonyl (C=O) groups excluding carboxylic acids is 1. The normalized spacial score (nSPS) is 21.4. The maximum atomic E-state index is 12.1. The Morgan fingerprint density at radius 1 is 1.15 bits per heavy atom. The number of benzene rings is 1. The van der Waals surface area contributed by atoms with Crippen LogP contribution in [-0.2, 0) is 0 Å². The van der Waals surface area contributed by atoms with Gasteiger partial charge in [0, 0.05) is 68.6 Å². The van der Waals surface area contributed by atoms with Gasteiger partial charge in [0.25, 0.3) is 5.91 Å². The van der Waals surface area contributed by atoms with Crippen molar-refractivity contribution in [2.24, 2.45) is 0 Å². The molecule has 2 aliphatic rings. The second-order valence-corrected chi connectivity index (χ2v) is 10.3. The van der Waals surface area contributed by atoms with Gasteiger partial charge in [-0.15, -0.1) is 0 Å². The van der Waals surface area contributed by atoms with E-state index in [0.717, 1.165) is 43.6 Å². The van der Waals surface area contributed by atoms with Crippen molar-refractivity contribution in [2.45, 2.75) is 51.7 Å². The number of pyridine rings is 1. The van der Waals surface area contributed by atoms with Crippen LogP contribution in [0.25, 0.3) is 0 Å². The molecule has 2 fully saturated rings. The van der Waals surface area contributed by atoms with E-state index >= 15 is 0 Å². The number of hydrogen-bond acceptors (Lipinski definition) is 5. The molecule has 0 bridgehead atoms. The second kappa shape index (κ2) is 11.3. The molecule has 0 spiro atoms. The van der Waals surface area contributed by atoms with Crippen molar-refractivity contribution in [3.63, 3.8) is 0 Å². The maximum Gasteiger partial charge on any atom is 0.252 e. The molecule has 1 aromatic carbocycles. The molecule has 4 rings (SSSR count). The number of aromatic nitrogens is 1. The van der Waals surface area contributed by atoms with Crippen molar-refractivity contribution in [1.82, 2.24) is 20.1 Å². The molecule has 6 nitrogen and oxygen atoms in total. The van der Waals surface area contributed by atoms with Crippen LogP contribution in [0.5, 0.6) is 0 Å². The van der Waals surface area contributed by atoms with E-state index in [1.807, 2.05) is 19.1 Å². The van der Waals surface area contributed by atoms with Gasteiger partial charge in [0.05, 0.1) is 10.6 Å². The molecule has 1 amide bonds. The summed E-state index contributed by atoms with van der Waals surface area (Å²) in [6, 6.07) is 11.4. The van der Waals surface area contributed by atoms with Crippen LogP contribution in [0.3, 0.4) is 0 Å². The molecule has 8 heteroatoms. The predicted molar refractivity (Wildman–Crippen MR) is 140 cm³/mol. The SMILES string of the molecule is CCNC(=O)c1cnc(N2CCN(C3CCN([C@@H](C)c4ccc(Cl)cc4)CC3)[C@@H](C)C2)c(Cl)c1. The number of rotatable bonds is 6. The fourth-order valence-electron chi connectivity index (χ4n) is 5.31. The summed E-state index contributed by atoms with van der Waals surface area (Å²) < 4.78 is 0. The van der Waals surface area contributed by atoms with Crippen molar-refractivity contribution in [3.05, 3.63) is 57.7 Å². The van der Waals surface area contributed by atoms with Gasteiger partial charge in [-0.2, -0.15) is 0 Å². The van der Waals surface area contributed by atoms with E-state index in [1.54, 1.807) is 12.3 Å². The van der Waals surface area contributed by atoms with E-state index < -0.39 is 0 Å². The highest BCUT2D eigenvalue weighted by molar-refractivity contribution is 6.33.